The van der Waals surface area contributed by atoms with Gasteiger partial charge >= 0.3 is 5.97 Å². The number of carbonyl (C=O) groups is 4. The molecule has 1 aromatic rings. The summed E-state index contributed by atoms with van der Waals surface area (Å²) in [5.74, 6) is -2.72. The monoisotopic (exact) mass is 536 g/mol. The van der Waals surface area contributed by atoms with Gasteiger partial charge in [-0.15, -0.1) is 0 Å². The van der Waals surface area contributed by atoms with Crippen molar-refractivity contribution in [3.8, 4) is 0 Å². The molecule has 12 N–H and O–H groups in total. The molecule has 0 spiro atoms. The number of imidazole rings is 1. The molecule has 15 nitrogen and oxygen atoms in total. The molecule has 212 valence electrons. The molecule has 4 unspecified atom stereocenters. The van der Waals surface area contributed by atoms with Crippen molar-refractivity contribution < 1.29 is 24.3 Å². The van der Waals surface area contributed by atoms with E-state index in [0.717, 1.165) is 0 Å². The van der Waals surface area contributed by atoms with Crippen molar-refractivity contribution in [3.05, 3.63) is 18.2 Å². The second kappa shape index (κ2) is 15.5. The lowest BCUT2D eigenvalue weighted by atomic mass is 10.1. The summed E-state index contributed by atoms with van der Waals surface area (Å²) in [6.45, 7) is 1.06. The van der Waals surface area contributed by atoms with E-state index in [1.54, 1.807) is 0 Å². The van der Waals surface area contributed by atoms with Gasteiger partial charge in [0, 0.05) is 31.4 Å². The fourth-order valence-corrected chi connectivity index (χ4v) is 4.27. The van der Waals surface area contributed by atoms with E-state index in [0.29, 0.717) is 70.3 Å². The molecule has 1 saturated heterocycles. The van der Waals surface area contributed by atoms with Crippen LogP contribution < -0.4 is 33.6 Å². The van der Waals surface area contributed by atoms with E-state index in [1.807, 2.05) is 0 Å². The van der Waals surface area contributed by atoms with Crippen LogP contribution in [0.25, 0.3) is 0 Å². The van der Waals surface area contributed by atoms with Gasteiger partial charge in [0.15, 0.2) is 5.96 Å². The lowest BCUT2D eigenvalue weighted by molar-refractivity contribution is -0.145. The first-order valence-electron chi connectivity index (χ1n) is 12.8. The number of aliphatic imine (C=N–C) groups is 1. The molecule has 0 aromatic carbocycles. The molecule has 4 atom stereocenters. The third-order valence-corrected chi connectivity index (χ3v) is 6.30. The molecule has 0 aliphatic carbocycles. The summed E-state index contributed by atoms with van der Waals surface area (Å²) in [6.07, 6.45) is 6.22. The third-order valence-electron chi connectivity index (χ3n) is 6.30. The molecule has 1 aromatic heterocycles. The standard InChI is InChI=1S/C23H40N10O5/c24-8-2-1-6-16(31-19(34)15(25)5-3-9-29-23(26)27)21(36)33-10-4-7-18(33)20(35)32-17(22(37)38)11-14-12-28-13-30-14/h12-13,15-18H,1-11,24-25H2,(H,28,30)(H,31,34)(H,32,35)(H,37,38)(H4,26,27,29). The van der Waals surface area contributed by atoms with Crippen LogP contribution in [0.15, 0.2) is 17.5 Å². The number of nitrogens with two attached hydrogens (primary N) is 4. The van der Waals surface area contributed by atoms with Crippen LogP contribution in [0.2, 0.25) is 0 Å². The smallest absolute Gasteiger partial charge is 0.326 e. The highest BCUT2D eigenvalue weighted by atomic mass is 16.4. The maximum absolute atomic E-state index is 13.5. The number of carboxylic acid groups (broad SMARTS) is 1. The summed E-state index contributed by atoms with van der Waals surface area (Å²) in [5.41, 5.74) is 22.7. The van der Waals surface area contributed by atoms with Gasteiger partial charge in [-0.2, -0.15) is 0 Å². The summed E-state index contributed by atoms with van der Waals surface area (Å²) < 4.78 is 0. The Balaban J connectivity index is 2.05. The quantitative estimate of drug-likeness (QED) is 0.0625. The number of hydrogen-bond acceptors (Lipinski definition) is 8. The molecule has 2 rings (SSSR count). The molecule has 0 radical (unpaired) electrons. The summed E-state index contributed by atoms with van der Waals surface area (Å²) in [6, 6.07) is -3.82. The van der Waals surface area contributed by atoms with Crippen LogP contribution in [0.5, 0.6) is 0 Å². The zero-order chi connectivity index (χ0) is 28.1. The Hall–Kier alpha value is -3.72. The first-order valence-corrected chi connectivity index (χ1v) is 12.8. The Morgan fingerprint density at radius 3 is 2.55 bits per heavy atom. The van der Waals surface area contributed by atoms with Gasteiger partial charge in [0.1, 0.15) is 18.1 Å². The summed E-state index contributed by atoms with van der Waals surface area (Å²) in [4.78, 5) is 63.0. The molecule has 0 bridgehead atoms. The number of nitrogens with zero attached hydrogens (tertiary/aromatic N) is 3. The Labute approximate surface area is 221 Å². The minimum Gasteiger partial charge on any atom is -0.480 e. The molecule has 3 amide bonds. The second-order valence-electron chi connectivity index (χ2n) is 9.27. The first-order chi connectivity index (χ1) is 18.1. The van der Waals surface area contributed by atoms with Crippen LogP contribution in [-0.4, -0.2) is 93.4 Å². The number of rotatable bonds is 16. The van der Waals surface area contributed by atoms with E-state index < -0.39 is 47.9 Å². The van der Waals surface area contributed by atoms with Crippen molar-refractivity contribution in [1.82, 2.24) is 25.5 Å². The minimum atomic E-state index is -1.20. The largest absolute Gasteiger partial charge is 0.480 e. The molecule has 1 aliphatic rings. The Morgan fingerprint density at radius 2 is 1.92 bits per heavy atom. The molecule has 0 saturated carbocycles. The maximum Gasteiger partial charge on any atom is 0.326 e. The van der Waals surface area contributed by atoms with Gasteiger partial charge in [-0.3, -0.25) is 19.4 Å². The Morgan fingerprint density at radius 1 is 1.16 bits per heavy atom. The molecule has 2 heterocycles. The van der Waals surface area contributed by atoms with E-state index >= 15 is 0 Å². The van der Waals surface area contributed by atoms with E-state index in [9.17, 15) is 24.3 Å². The highest BCUT2D eigenvalue weighted by molar-refractivity contribution is 5.94. The number of nitrogens with one attached hydrogen (secondary N) is 3. The highest BCUT2D eigenvalue weighted by Crippen LogP contribution is 2.20. The van der Waals surface area contributed by atoms with Gasteiger partial charge in [0.05, 0.1) is 12.4 Å². The summed E-state index contributed by atoms with van der Waals surface area (Å²) >= 11 is 0. The zero-order valence-electron chi connectivity index (χ0n) is 21.5. The zero-order valence-corrected chi connectivity index (χ0v) is 21.5. The minimum absolute atomic E-state index is 0.0145. The van der Waals surface area contributed by atoms with Crippen LogP contribution in [0.4, 0.5) is 0 Å². The van der Waals surface area contributed by atoms with Gasteiger partial charge in [-0.05, 0) is 51.5 Å². The third kappa shape index (κ3) is 9.63. The molecular weight excluding hydrogens is 496 g/mol. The number of carbonyl (C=O) groups excluding carboxylic acids is 3. The predicted octanol–water partition coefficient (Wildman–Crippen LogP) is -2.49. The van der Waals surface area contributed by atoms with Crippen molar-refractivity contribution in [1.29, 1.82) is 0 Å². The summed E-state index contributed by atoms with van der Waals surface area (Å²) in [7, 11) is 0. The predicted molar refractivity (Wildman–Crippen MR) is 139 cm³/mol. The Bertz CT molecular complexity index is 950. The highest BCUT2D eigenvalue weighted by Gasteiger charge is 2.39. The number of hydrogen-bond donors (Lipinski definition) is 8. The lowest BCUT2D eigenvalue weighted by Crippen LogP contribution is -2.57. The van der Waals surface area contributed by atoms with E-state index in [2.05, 4.69) is 25.6 Å². The van der Waals surface area contributed by atoms with Crippen molar-refractivity contribution in [3.63, 3.8) is 0 Å². The fourth-order valence-electron chi connectivity index (χ4n) is 4.27. The van der Waals surface area contributed by atoms with Crippen LogP contribution in [0.1, 0.15) is 50.6 Å². The lowest BCUT2D eigenvalue weighted by Gasteiger charge is -2.30. The second-order valence-corrected chi connectivity index (χ2v) is 9.27. The van der Waals surface area contributed by atoms with E-state index in [1.165, 1.54) is 17.4 Å². The van der Waals surface area contributed by atoms with Crippen LogP contribution in [0, 0.1) is 0 Å². The SMILES string of the molecule is NCCCCC(NC(=O)C(N)CCCN=C(N)N)C(=O)N1CCCC1C(=O)NC(Cc1cnc[nH]1)C(=O)O. The topological polar surface area (TPSA) is 261 Å². The molecule has 38 heavy (non-hydrogen) atoms. The number of unbranched alkanes of at least 4 members (excludes halogenated alkanes) is 1. The number of aromatic nitrogens is 2. The van der Waals surface area contributed by atoms with Crippen molar-refractivity contribution >= 4 is 29.7 Å². The number of amides is 3. The van der Waals surface area contributed by atoms with Gasteiger partial charge < -0.3 is 48.6 Å². The number of H-pyrrole nitrogens is 1. The van der Waals surface area contributed by atoms with Crippen LogP contribution in [-0.2, 0) is 25.6 Å². The Kier molecular flexibility index (Phi) is 12.5. The molecule has 1 fully saturated rings. The van der Waals surface area contributed by atoms with Crippen molar-refractivity contribution in [2.45, 2.75) is 75.5 Å². The summed E-state index contributed by atoms with van der Waals surface area (Å²) in [5, 5.41) is 14.9. The average molecular weight is 537 g/mol. The first kappa shape index (κ1) is 30.5. The fraction of sp³-hybridized carbons (Fsp3) is 0.652. The molecule has 15 heteroatoms. The molecule has 1 aliphatic heterocycles. The number of carboxylic acids is 1. The number of aliphatic carboxylic acids is 1. The maximum atomic E-state index is 13.5. The van der Waals surface area contributed by atoms with Gasteiger partial charge in [0.2, 0.25) is 17.7 Å². The van der Waals surface area contributed by atoms with Gasteiger partial charge in [-0.1, -0.05) is 0 Å². The normalized spacial score (nSPS) is 17.3. The number of likely N-dealkylation sites (tertiary alicyclic amines) is 1. The van der Waals surface area contributed by atoms with Crippen LogP contribution >= 0.6 is 0 Å². The van der Waals surface area contributed by atoms with Crippen molar-refractivity contribution in [2.24, 2.45) is 27.9 Å². The van der Waals surface area contributed by atoms with Gasteiger partial charge in [-0.25, -0.2) is 9.78 Å². The average Bonchev–Trinajstić information content (AvgIpc) is 3.57. The molecular formula is C23H40N10O5. The van der Waals surface area contributed by atoms with Gasteiger partial charge in [0.25, 0.3) is 0 Å². The number of aromatic amines is 1. The van der Waals surface area contributed by atoms with Crippen LogP contribution in [0.3, 0.4) is 0 Å². The van der Waals surface area contributed by atoms with E-state index in [4.69, 9.17) is 22.9 Å². The van der Waals surface area contributed by atoms with E-state index in [-0.39, 0.29) is 12.4 Å². The van der Waals surface area contributed by atoms with Crippen molar-refractivity contribution in [2.75, 3.05) is 19.6 Å². The number of guanidine groups is 1.